The first-order valence-corrected chi connectivity index (χ1v) is 11.8. The molecule has 1 aliphatic carbocycles. The lowest BCUT2D eigenvalue weighted by molar-refractivity contribution is 0.121. The first-order chi connectivity index (χ1) is 12.7. The van der Waals surface area contributed by atoms with Gasteiger partial charge in [-0.3, -0.25) is 4.52 Å². The minimum atomic E-state index is -4.49. The highest BCUT2D eigenvalue weighted by molar-refractivity contribution is 7.46. The van der Waals surface area contributed by atoms with E-state index in [1.165, 1.54) is 55.2 Å². The second-order valence-corrected chi connectivity index (χ2v) is 9.57. The second kappa shape index (κ2) is 10.2. The summed E-state index contributed by atoms with van der Waals surface area (Å²) in [5, 5.41) is 0. The van der Waals surface area contributed by atoms with Gasteiger partial charge in [0.15, 0.2) is 0 Å². The van der Waals surface area contributed by atoms with Crippen LogP contribution in [-0.2, 0) is 28.4 Å². The number of rotatable bonds is 11. The van der Waals surface area contributed by atoms with Gasteiger partial charge in [-0.05, 0) is 61.6 Å². The third-order valence-corrected chi connectivity index (χ3v) is 6.26. The molecule has 0 amide bonds. The predicted molar refractivity (Wildman–Crippen MR) is 110 cm³/mol. The summed E-state index contributed by atoms with van der Waals surface area (Å²) in [6, 6.07) is 6.79. The zero-order valence-electron chi connectivity index (χ0n) is 16.8. The molecule has 4 N–H and O–H groups in total. The highest BCUT2D eigenvalue weighted by Crippen LogP contribution is 2.39. The maximum Gasteiger partial charge on any atom is 0.469 e. The van der Waals surface area contributed by atoms with E-state index in [9.17, 15) is 4.57 Å². The molecule has 0 heterocycles. The van der Waals surface area contributed by atoms with Gasteiger partial charge in [0.1, 0.15) is 0 Å². The third kappa shape index (κ3) is 7.67. The summed E-state index contributed by atoms with van der Waals surface area (Å²) in [5.74, 6) is 0.154. The van der Waals surface area contributed by atoms with Crippen LogP contribution in [0.4, 0.5) is 0 Å². The number of fused-ring (bicyclic) bond motifs is 1. The molecular weight excluding hydrogens is 361 g/mol. The van der Waals surface area contributed by atoms with E-state index in [4.69, 9.17) is 15.5 Å². The van der Waals surface area contributed by atoms with E-state index in [0.29, 0.717) is 0 Å². The molecule has 0 spiro atoms. The quantitative estimate of drug-likeness (QED) is 0.377. The number of nitrogens with two attached hydrogens (primary N) is 1. The van der Waals surface area contributed by atoms with E-state index in [1.54, 1.807) is 0 Å². The lowest BCUT2D eigenvalue weighted by Crippen LogP contribution is -2.50. The van der Waals surface area contributed by atoms with Crippen molar-refractivity contribution in [1.82, 2.24) is 0 Å². The van der Waals surface area contributed by atoms with Crippen LogP contribution < -0.4 is 5.73 Å². The molecular formula is C21H36NO4P. The first kappa shape index (κ1) is 22.6. The van der Waals surface area contributed by atoms with E-state index in [-0.39, 0.29) is 12.5 Å². The molecule has 5 nitrogen and oxygen atoms in total. The number of phosphoric acid groups is 1. The van der Waals surface area contributed by atoms with Crippen molar-refractivity contribution in [3.63, 3.8) is 0 Å². The van der Waals surface area contributed by atoms with Crippen LogP contribution in [0.3, 0.4) is 0 Å². The lowest BCUT2D eigenvalue weighted by atomic mass is 9.74. The van der Waals surface area contributed by atoms with E-state index in [2.05, 4.69) is 29.6 Å². The topological polar surface area (TPSA) is 92.8 Å². The maximum atomic E-state index is 11.0. The number of benzene rings is 1. The molecule has 0 saturated heterocycles. The highest BCUT2D eigenvalue weighted by atomic mass is 31.2. The Kier molecular flexibility index (Phi) is 8.51. The van der Waals surface area contributed by atoms with Gasteiger partial charge in [-0.15, -0.1) is 0 Å². The number of aryl methyl sites for hydroxylation is 2. The van der Waals surface area contributed by atoms with Crippen LogP contribution in [0.25, 0.3) is 0 Å². The molecule has 154 valence electrons. The van der Waals surface area contributed by atoms with Gasteiger partial charge in [0, 0.05) is 5.54 Å². The minimum Gasteiger partial charge on any atom is -0.323 e. The van der Waals surface area contributed by atoms with Crippen molar-refractivity contribution >= 4 is 7.82 Å². The average Bonchev–Trinajstić information content (AvgIpc) is 2.62. The summed E-state index contributed by atoms with van der Waals surface area (Å²) < 4.78 is 15.6. The number of phosphoric ester groups is 1. The number of hydrogen-bond donors (Lipinski definition) is 3. The molecule has 0 fully saturated rings. The van der Waals surface area contributed by atoms with Crippen molar-refractivity contribution < 1.29 is 18.9 Å². The highest BCUT2D eigenvalue weighted by Gasteiger charge is 2.35. The zero-order chi connectivity index (χ0) is 19.9. The van der Waals surface area contributed by atoms with E-state index >= 15 is 0 Å². The Bertz CT molecular complexity index is 641. The molecule has 2 atom stereocenters. The van der Waals surface area contributed by atoms with Gasteiger partial charge in [-0.1, -0.05) is 57.2 Å². The molecule has 0 saturated carbocycles. The first-order valence-electron chi connectivity index (χ1n) is 10.3. The Balaban J connectivity index is 1.86. The summed E-state index contributed by atoms with van der Waals surface area (Å²) in [6.45, 7) is 3.94. The fourth-order valence-corrected chi connectivity index (χ4v) is 4.42. The molecule has 0 unspecified atom stereocenters. The number of unbranched alkanes of at least 4 members (excludes halogenated alkanes) is 5. The summed E-state index contributed by atoms with van der Waals surface area (Å²) >= 11 is 0. The summed E-state index contributed by atoms with van der Waals surface area (Å²) in [7, 11) is -4.49. The largest absolute Gasteiger partial charge is 0.469 e. The van der Waals surface area contributed by atoms with Gasteiger partial charge >= 0.3 is 7.82 Å². The van der Waals surface area contributed by atoms with Crippen molar-refractivity contribution in [2.24, 2.45) is 11.7 Å². The second-order valence-electron chi connectivity index (χ2n) is 8.33. The van der Waals surface area contributed by atoms with Gasteiger partial charge in [0.05, 0.1) is 6.61 Å². The van der Waals surface area contributed by atoms with Crippen molar-refractivity contribution in [1.29, 1.82) is 0 Å². The normalized spacial score (nSPS) is 19.5. The Labute approximate surface area is 163 Å². The van der Waals surface area contributed by atoms with E-state index in [0.717, 1.165) is 25.7 Å². The SMILES string of the molecule is CCCCCCCCc1ccc2c(c1)CC[C@@H]([C@](C)(N)COP(=O)(O)O)C2. The molecule has 0 aliphatic heterocycles. The molecule has 1 aromatic rings. The van der Waals surface area contributed by atoms with Gasteiger partial charge in [-0.2, -0.15) is 0 Å². The molecule has 27 heavy (non-hydrogen) atoms. The van der Waals surface area contributed by atoms with E-state index < -0.39 is 13.4 Å². The molecule has 6 heteroatoms. The molecule has 0 radical (unpaired) electrons. The maximum absolute atomic E-state index is 11.0. The smallest absolute Gasteiger partial charge is 0.323 e. The predicted octanol–water partition coefficient (Wildman–Crippen LogP) is 4.52. The fraction of sp³-hybridized carbons (Fsp3) is 0.714. The van der Waals surface area contributed by atoms with Crippen molar-refractivity contribution in [2.75, 3.05) is 6.61 Å². The molecule has 0 aromatic heterocycles. The Hall–Kier alpha value is -0.710. The van der Waals surface area contributed by atoms with Crippen LogP contribution in [0.1, 0.15) is 75.5 Å². The number of hydrogen-bond acceptors (Lipinski definition) is 3. The van der Waals surface area contributed by atoms with Gasteiger partial charge in [0.2, 0.25) is 0 Å². The van der Waals surface area contributed by atoms with E-state index in [1.807, 2.05) is 6.92 Å². The zero-order valence-corrected chi connectivity index (χ0v) is 17.7. The lowest BCUT2D eigenvalue weighted by Gasteiger charge is -2.37. The van der Waals surface area contributed by atoms with Crippen LogP contribution in [-0.4, -0.2) is 21.9 Å². The molecule has 2 rings (SSSR count). The van der Waals surface area contributed by atoms with Gasteiger partial charge in [0.25, 0.3) is 0 Å². The van der Waals surface area contributed by atoms with Gasteiger partial charge in [-0.25, -0.2) is 4.57 Å². The van der Waals surface area contributed by atoms with Crippen LogP contribution in [0.5, 0.6) is 0 Å². The molecule has 1 aromatic carbocycles. The molecule has 1 aliphatic rings. The Morgan fingerprint density at radius 1 is 1.19 bits per heavy atom. The average molecular weight is 397 g/mol. The third-order valence-electron chi connectivity index (χ3n) is 5.79. The standard InChI is InChI=1S/C21H36NO4P/c1-3-4-5-6-7-8-9-17-10-11-19-15-20(13-12-18(19)14-17)21(2,22)16-26-27(23,24)25/h10-11,14,20H,3-9,12-13,15-16,22H2,1-2H3,(H2,23,24,25)/t20-,21-/m1/s1. The van der Waals surface area contributed by atoms with Crippen molar-refractivity contribution in [3.8, 4) is 0 Å². The Morgan fingerprint density at radius 3 is 2.59 bits per heavy atom. The Morgan fingerprint density at radius 2 is 1.89 bits per heavy atom. The summed E-state index contributed by atoms with van der Waals surface area (Å²) in [6.07, 6.45) is 11.8. The monoisotopic (exact) mass is 397 g/mol. The van der Waals surface area contributed by atoms with Crippen LogP contribution >= 0.6 is 7.82 Å². The summed E-state index contributed by atoms with van der Waals surface area (Å²) in [4.78, 5) is 17.9. The fourth-order valence-electron chi connectivity index (χ4n) is 3.98. The minimum absolute atomic E-state index is 0.132. The van der Waals surface area contributed by atoms with Crippen LogP contribution in [0.2, 0.25) is 0 Å². The van der Waals surface area contributed by atoms with Crippen LogP contribution in [0.15, 0.2) is 18.2 Å². The summed E-state index contributed by atoms with van der Waals surface area (Å²) in [5.41, 5.74) is 9.71. The molecule has 0 bridgehead atoms. The van der Waals surface area contributed by atoms with Gasteiger partial charge < -0.3 is 15.5 Å². The van der Waals surface area contributed by atoms with Crippen molar-refractivity contribution in [3.05, 3.63) is 34.9 Å². The van der Waals surface area contributed by atoms with Crippen molar-refractivity contribution in [2.45, 2.75) is 83.6 Å². The van der Waals surface area contributed by atoms with Crippen LogP contribution in [0, 0.1) is 5.92 Å².